The summed E-state index contributed by atoms with van der Waals surface area (Å²) in [5.41, 5.74) is 0.445. The lowest BCUT2D eigenvalue weighted by Crippen LogP contribution is -2.16. The number of hydrogen-bond acceptors (Lipinski definition) is 7. The molecule has 0 atom stereocenters. The Balaban J connectivity index is 1.62. The molecule has 0 unspecified atom stereocenters. The molecule has 34 heavy (non-hydrogen) atoms. The first-order valence-corrected chi connectivity index (χ1v) is 11.1. The topological polar surface area (TPSA) is 115 Å². The second-order valence-corrected chi connectivity index (χ2v) is 8.11. The van der Waals surface area contributed by atoms with E-state index in [4.69, 9.17) is 0 Å². The quantitative estimate of drug-likeness (QED) is 0.248. The molecule has 0 aliphatic rings. The fourth-order valence-corrected chi connectivity index (χ4v) is 3.86. The molecule has 0 aliphatic carbocycles. The van der Waals surface area contributed by atoms with Crippen LogP contribution in [0.1, 0.15) is 23.9 Å². The number of alkyl halides is 3. The van der Waals surface area contributed by atoms with Crippen molar-refractivity contribution >= 4 is 34.7 Å². The maximum atomic E-state index is 12.9. The van der Waals surface area contributed by atoms with Gasteiger partial charge in [-0.3, -0.25) is 14.9 Å². The van der Waals surface area contributed by atoms with Gasteiger partial charge in [0.25, 0.3) is 5.69 Å². The number of nitrogens with one attached hydrogen (secondary N) is 2. The molecule has 0 aliphatic heterocycles. The summed E-state index contributed by atoms with van der Waals surface area (Å²) < 4.78 is 40.4. The van der Waals surface area contributed by atoms with Gasteiger partial charge in [-0.1, -0.05) is 23.9 Å². The summed E-state index contributed by atoms with van der Waals surface area (Å²) in [6, 6.07) is 9.06. The van der Waals surface area contributed by atoms with Crippen LogP contribution >= 0.6 is 11.8 Å². The predicted octanol–water partition coefficient (Wildman–Crippen LogP) is 4.88. The van der Waals surface area contributed by atoms with E-state index in [9.17, 15) is 28.1 Å². The highest BCUT2D eigenvalue weighted by atomic mass is 32.2. The lowest BCUT2D eigenvalue weighted by atomic mass is 10.2. The SMILES string of the molecule is CCn1c(CNc2cccc(C(F)(F)F)c2)nnc1SCC(=O)Nc1cc([N+](=O)[O-])ccc1C. The molecule has 9 nitrogen and oxygen atoms in total. The number of carbonyl (C=O) groups is 1. The highest BCUT2D eigenvalue weighted by Crippen LogP contribution is 2.31. The number of carbonyl (C=O) groups excluding carboxylic acids is 1. The number of thioether (sulfide) groups is 1. The average Bonchev–Trinajstić information content (AvgIpc) is 3.19. The van der Waals surface area contributed by atoms with Crippen molar-refractivity contribution in [2.24, 2.45) is 0 Å². The van der Waals surface area contributed by atoms with E-state index in [1.54, 1.807) is 17.6 Å². The van der Waals surface area contributed by atoms with Crippen LogP contribution in [0.2, 0.25) is 0 Å². The van der Waals surface area contributed by atoms with Gasteiger partial charge in [0.1, 0.15) is 0 Å². The molecule has 0 fully saturated rings. The lowest BCUT2D eigenvalue weighted by Gasteiger charge is -2.11. The van der Waals surface area contributed by atoms with Crippen molar-refractivity contribution in [2.75, 3.05) is 16.4 Å². The molecule has 3 aromatic rings. The first-order valence-electron chi connectivity index (χ1n) is 10.1. The number of hydrogen-bond donors (Lipinski definition) is 2. The largest absolute Gasteiger partial charge is 0.416 e. The minimum atomic E-state index is -4.44. The number of rotatable bonds is 9. The Morgan fingerprint density at radius 1 is 1.21 bits per heavy atom. The summed E-state index contributed by atoms with van der Waals surface area (Å²) in [6.45, 7) is 4.21. The van der Waals surface area contributed by atoms with E-state index < -0.39 is 16.7 Å². The number of nitrogens with zero attached hydrogens (tertiary/aromatic N) is 4. The third-order valence-electron chi connectivity index (χ3n) is 4.79. The second kappa shape index (κ2) is 10.5. The van der Waals surface area contributed by atoms with Gasteiger partial charge in [-0.2, -0.15) is 13.2 Å². The van der Waals surface area contributed by atoms with E-state index >= 15 is 0 Å². The van der Waals surface area contributed by atoms with E-state index in [1.165, 1.54) is 24.3 Å². The summed E-state index contributed by atoms with van der Waals surface area (Å²) >= 11 is 1.13. The van der Waals surface area contributed by atoms with E-state index in [-0.39, 0.29) is 23.9 Å². The Labute approximate surface area is 196 Å². The van der Waals surface area contributed by atoms with Crippen molar-refractivity contribution in [1.29, 1.82) is 0 Å². The van der Waals surface area contributed by atoms with Gasteiger partial charge in [0.05, 0.1) is 28.5 Å². The Kier molecular flexibility index (Phi) is 7.76. The molecule has 180 valence electrons. The number of aromatic nitrogens is 3. The van der Waals surface area contributed by atoms with Crippen LogP contribution in [0.4, 0.5) is 30.2 Å². The Bertz CT molecular complexity index is 1200. The molecule has 3 rings (SSSR count). The maximum absolute atomic E-state index is 12.9. The smallest absolute Gasteiger partial charge is 0.378 e. The van der Waals surface area contributed by atoms with Gasteiger partial charge in [0.2, 0.25) is 5.91 Å². The summed E-state index contributed by atoms with van der Waals surface area (Å²) in [4.78, 5) is 22.8. The van der Waals surface area contributed by atoms with Crippen LogP contribution in [0.5, 0.6) is 0 Å². The van der Waals surface area contributed by atoms with Crippen molar-refractivity contribution in [1.82, 2.24) is 14.8 Å². The van der Waals surface area contributed by atoms with Crippen LogP contribution in [0, 0.1) is 17.0 Å². The molecule has 0 saturated heterocycles. The minimum Gasteiger partial charge on any atom is -0.378 e. The molecule has 2 N–H and O–H groups in total. The molecule has 2 aromatic carbocycles. The zero-order valence-corrected chi connectivity index (χ0v) is 19.0. The Morgan fingerprint density at radius 2 is 1.97 bits per heavy atom. The van der Waals surface area contributed by atoms with Gasteiger partial charge in [0, 0.05) is 24.4 Å². The van der Waals surface area contributed by atoms with E-state index in [0.29, 0.717) is 34.5 Å². The van der Waals surface area contributed by atoms with Gasteiger partial charge < -0.3 is 15.2 Å². The summed E-state index contributed by atoms with van der Waals surface area (Å²) in [5, 5.41) is 25.1. The Morgan fingerprint density at radius 3 is 2.65 bits per heavy atom. The molecular formula is C21H21F3N6O3S. The zero-order valence-electron chi connectivity index (χ0n) is 18.2. The Hall–Kier alpha value is -3.61. The number of nitro benzene ring substituents is 1. The first-order chi connectivity index (χ1) is 16.1. The molecule has 1 aromatic heterocycles. The van der Waals surface area contributed by atoms with Gasteiger partial charge in [-0.05, 0) is 37.6 Å². The van der Waals surface area contributed by atoms with E-state index in [0.717, 1.165) is 23.9 Å². The van der Waals surface area contributed by atoms with Gasteiger partial charge in [-0.15, -0.1) is 10.2 Å². The van der Waals surface area contributed by atoms with Crippen LogP contribution in [0.25, 0.3) is 0 Å². The number of halogens is 3. The van der Waals surface area contributed by atoms with Crippen molar-refractivity contribution in [3.8, 4) is 0 Å². The highest BCUT2D eigenvalue weighted by molar-refractivity contribution is 7.99. The summed E-state index contributed by atoms with van der Waals surface area (Å²) in [6.07, 6.45) is -4.44. The standard InChI is InChI=1S/C21H21F3N6O3S/c1-3-29-18(11-25-15-6-4-5-14(9-15)21(22,23)24)27-28-20(29)34-12-19(31)26-17-10-16(30(32)33)8-7-13(17)2/h4-10,25H,3,11-12H2,1-2H3,(H,26,31). The average molecular weight is 494 g/mol. The third-order valence-corrected chi connectivity index (χ3v) is 5.76. The van der Waals surface area contributed by atoms with Crippen LogP contribution in [-0.2, 0) is 24.1 Å². The molecule has 1 amide bonds. The summed E-state index contributed by atoms with van der Waals surface area (Å²) in [7, 11) is 0. The fourth-order valence-electron chi connectivity index (χ4n) is 3.04. The van der Waals surface area contributed by atoms with Crippen molar-refractivity contribution < 1.29 is 22.9 Å². The predicted molar refractivity (Wildman–Crippen MR) is 122 cm³/mol. The molecular weight excluding hydrogens is 473 g/mol. The monoisotopic (exact) mass is 494 g/mol. The molecule has 0 saturated carbocycles. The highest BCUT2D eigenvalue weighted by Gasteiger charge is 2.30. The van der Waals surface area contributed by atoms with E-state index in [2.05, 4.69) is 20.8 Å². The number of aryl methyl sites for hydroxylation is 1. The number of benzene rings is 2. The lowest BCUT2D eigenvalue weighted by molar-refractivity contribution is -0.384. The van der Waals surface area contributed by atoms with Crippen LogP contribution in [0.15, 0.2) is 47.6 Å². The van der Waals surface area contributed by atoms with E-state index in [1.807, 2.05) is 6.92 Å². The molecule has 1 heterocycles. The molecule has 0 radical (unpaired) electrons. The number of anilines is 2. The van der Waals surface area contributed by atoms with Crippen LogP contribution in [0.3, 0.4) is 0 Å². The van der Waals surface area contributed by atoms with Crippen molar-refractivity contribution in [3.63, 3.8) is 0 Å². The molecule has 0 spiro atoms. The zero-order chi connectivity index (χ0) is 24.9. The molecule has 13 heteroatoms. The number of nitro groups is 1. The maximum Gasteiger partial charge on any atom is 0.416 e. The van der Waals surface area contributed by atoms with Gasteiger partial charge >= 0.3 is 6.18 Å². The minimum absolute atomic E-state index is 0.0126. The van der Waals surface area contributed by atoms with Crippen LogP contribution in [-0.4, -0.2) is 31.3 Å². The number of amides is 1. The van der Waals surface area contributed by atoms with Crippen molar-refractivity contribution in [2.45, 2.75) is 38.3 Å². The second-order valence-electron chi connectivity index (χ2n) is 7.17. The first kappa shape index (κ1) is 25.0. The van der Waals surface area contributed by atoms with Gasteiger partial charge in [0.15, 0.2) is 11.0 Å². The number of non-ortho nitro benzene ring substituents is 1. The third kappa shape index (κ3) is 6.25. The van der Waals surface area contributed by atoms with Gasteiger partial charge in [-0.25, -0.2) is 0 Å². The fraction of sp³-hybridized carbons (Fsp3) is 0.286. The van der Waals surface area contributed by atoms with Crippen molar-refractivity contribution in [3.05, 3.63) is 69.5 Å². The normalized spacial score (nSPS) is 11.3. The van der Waals surface area contributed by atoms with Crippen LogP contribution < -0.4 is 10.6 Å². The summed E-state index contributed by atoms with van der Waals surface area (Å²) in [5.74, 6) is 0.113. The molecule has 0 bridgehead atoms.